The summed E-state index contributed by atoms with van der Waals surface area (Å²) in [6.07, 6.45) is 0.511. The van der Waals surface area contributed by atoms with Gasteiger partial charge in [0, 0.05) is 25.2 Å². The zero-order valence-electron chi connectivity index (χ0n) is 29.4. The van der Waals surface area contributed by atoms with Gasteiger partial charge in [0.1, 0.15) is 23.7 Å². The fourth-order valence-corrected chi connectivity index (χ4v) is 6.11. The lowest BCUT2D eigenvalue weighted by molar-refractivity contribution is -0.384. The molecule has 49 heavy (non-hydrogen) atoms. The first-order valence-electron chi connectivity index (χ1n) is 16.1. The Morgan fingerprint density at radius 2 is 1.65 bits per heavy atom. The molecule has 1 saturated heterocycles. The van der Waals surface area contributed by atoms with Crippen LogP contribution in [0.1, 0.15) is 67.4 Å². The number of Topliss-reactive ketones (excluding diaryl/α,β-unsaturated/α-hetero) is 1. The molecule has 0 spiro atoms. The molecular weight excluding hydrogens is 636 g/mol. The number of hydrogen-bond donors (Lipinski definition) is 4. The summed E-state index contributed by atoms with van der Waals surface area (Å²) in [5.74, 6) is -4.01. The summed E-state index contributed by atoms with van der Waals surface area (Å²) >= 11 is 0. The molecule has 2 aliphatic rings. The number of ether oxygens (including phenoxy) is 1. The summed E-state index contributed by atoms with van der Waals surface area (Å²) in [5, 5.41) is 20.9. The van der Waals surface area contributed by atoms with Crippen LogP contribution in [-0.2, 0) is 35.3 Å². The van der Waals surface area contributed by atoms with Crippen molar-refractivity contribution in [3.05, 3.63) is 52.6 Å². The number of ketones is 1. The van der Waals surface area contributed by atoms with Gasteiger partial charge in [0.15, 0.2) is 0 Å². The maximum Gasteiger partial charge on any atom is 0.408 e. The Hall–Kier alpha value is -4.82. The van der Waals surface area contributed by atoms with Crippen molar-refractivity contribution in [2.45, 2.75) is 92.1 Å². The summed E-state index contributed by atoms with van der Waals surface area (Å²) < 4.78 is 5.39. The second-order valence-corrected chi connectivity index (χ2v) is 15.2. The first-order chi connectivity index (χ1) is 22.6. The van der Waals surface area contributed by atoms with Crippen LogP contribution in [0.4, 0.5) is 10.5 Å². The van der Waals surface area contributed by atoms with Gasteiger partial charge in [-0.3, -0.25) is 34.1 Å². The number of carbonyl (C=O) groups excluding carboxylic acids is 6. The SMILES string of the molecule is C=CCC(NC(=O)[C@@H]1[C@H]2[C@@H](CN1C(=O)[C@@H](NC(=O)OC(C)(C)C)C(C)(C)C)C2(C)C)C(=O)C(=O)NCC(=O)NCc1ccc([N+](=O)[O-])cc1. The molecular formula is C34H48N6O9. The van der Waals surface area contributed by atoms with E-state index < -0.39 is 76.1 Å². The molecule has 5 amide bonds. The van der Waals surface area contributed by atoms with Gasteiger partial charge < -0.3 is 30.9 Å². The zero-order chi connectivity index (χ0) is 37.1. The monoisotopic (exact) mass is 684 g/mol. The molecule has 15 nitrogen and oxygen atoms in total. The summed E-state index contributed by atoms with van der Waals surface area (Å²) in [6, 6.07) is 2.24. The van der Waals surface area contributed by atoms with Crippen LogP contribution in [0.3, 0.4) is 0 Å². The van der Waals surface area contributed by atoms with E-state index in [1.54, 1.807) is 41.5 Å². The van der Waals surface area contributed by atoms with Crippen molar-refractivity contribution in [1.82, 2.24) is 26.2 Å². The maximum absolute atomic E-state index is 14.0. The highest BCUT2D eigenvalue weighted by Crippen LogP contribution is 2.65. The molecule has 3 rings (SSSR count). The molecule has 1 aromatic carbocycles. The minimum absolute atomic E-state index is 0.00992. The van der Waals surface area contributed by atoms with Crippen LogP contribution in [0, 0.1) is 32.8 Å². The van der Waals surface area contributed by atoms with Gasteiger partial charge in [0.2, 0.25) is 23.5 Å². The normalized spacial score (nSPS) is 20.5. The topological polar surface area (TPSA) is 206 Å². The predicted molar refractivity (Wildman–Crippen MR) is 179 cm³/mol. The van der Waals surface area contributed by atoms with Crippen LogP contribution in [-0.4, -0.2) is 82.1 Å². The van der Waals surface area contributed by atoms with Crippen molar-refractivity contribution in [3.63, 3.8) is 0 Å². The molecule has 1 unspecified atom stereocenters. The summed E-state index contributed by atoms with van der Waals surface area (Å²) in [4.78, 5) is 90.6. The first kappa shape index (κ1) is 38.6. The standard InChI is InChI=1S/C34H48N6O9/c1-10-11-22(26(42)29(44)36-17-23(41)35-16-19-12-14-20(15-13-19)40(47)48)37-28(43)25-24-21(34(24,8)9)18-39(25)30(45)27(32(2,3)4)38-31(46)49-33(5,6)7/h10,12-15,21-22,24-25,27H,1,11,16-18H2,2-9H3,(H,35,41)(H,36,44)(H,37,43)(H,38,46)/t21-,22?,24-,25+,27-/m1/s1. The number of amides is 5. The highest BCUT2D eigenvalue weighted by Gasteiger charge is 2.70. The number of rotatable bonds is 13. The molecule has 268 valence electrons. The summed E-state index contributed by atoms with van der Waals surface area (Å²) in [5.41, 5.74) is -1.31. The van der Waals surface area contributed by atoms with Gasteiger partial charge >= 0.3 is 6.09 Å². The molecule has 2 fully saturated rings. The lowest BCUT2D eigenvalue weighted by Crippen LogP contribution is -2.60. The van der Waals surface area contributed by atoms with Crippen LogP contribution >= 0.6 is 0 Å². The van der Waals surface area contributed by atoms with E-state index >= 15 is 0 Å². The fourth-order valence-electron chi connectivity index (χ4n) is 6.11. The molecule has 5 atom stereocenters. The van der Waals surface area contributed by atoms with E-state index in [1.807, 2.05) is 13.8 Å². The Bertz CT molecular complexity index is 1490. The molecule has 1 saturated carbocycles. The number of nitro groups is 1. The number of benzene rings is 1. The van der Waals surface area contributed by atoms with Crippen molar-refractivity contribution < 1.29 is 38.4 Å². The largest absolute Gasteiger partial charge is 0.444 e. The van der Waals surface area contributed by atoms with Crippen molar-refractivity contribution >= 4 is 41.2 Å². The third kappa shape index (κ3) is 9.63. The highest BCUT2D eigenvalue weighted by molar-refractivity contribution is 6.38. The van der Waals surface area contributed by atoms with Crippen LogP contribution in [0.25, 0.3) is 0 Å². The molecule has 0 bridgehead atoms. The number of nitro benzene ring substituents is 1. The molecule has 4 N–H and O–H groups in total. The maximum atomic E-state index is 14.0. The number of nitrogens with one attached hydrogen (secondary N) is 4. The average Bonchev–Trinajstić information content (AvgIpc) is 3.31. The third-order valence-corrected chi connectivity index (χ3v) is 8.84. The molecule has 1 aliphatic carbocycles. The number of piperidine rings is 1. The van der Waals surface area contributed by atoms with E-state index in [9.17, 15) is 38.9 Å². The Labute approximate surface area is 286 Å². The van der Waals surface area contributed by atoms with Crippen molar-refractivity contribution in [1.29, 1.82) is 0 Å². The minimum Gasteiger partial charge on any atom is -0.444 e. The van der Waals surface area contributed by atoms with Crippen LogP contribution in [0.15, 0.2) is 36.9 Å². The van der Waals surface area contributed by atoms with Crippen LogP contribution in [0.5, 0.6) is 0 Å². The summed E-state index contributed by atoms with van der Waals surface area (Å²) in [7, 11) is 0. The number of hydrogen-bond acceptors (Lipinski definition) is 9. The Morgan fingerprint density at radius 1 is 1.04 bits per heavy atom. The Morgan fingerprint density at radius 3 is 2.18 bits per heavy atom. The van der Waals surface area contributed by atoms with E-state index in [4.69, 9.17) is 4.74 Å². The van der Waals surface area contributed by atoms with Crippen molar-refractivity contribution in [2.75, 3.05) is 13.1 Å². The van der Waals surface area contributed by atoms with E-state index in [2.05, 4.69) is 27.8 Å². The number of nitrogens with zero attached hydrogens (tertiary/aromatic N) is 2. The van der Waals surface area contributed by atoms with Gasteiger partial charge in [-0.25, -0.2) is 4.79 Å². The summed E-state index contributed by atoms with van der Waals surface area (Å²) in [6.45, 7) is 17.9. The number of fused-ring (bicyclic) bond motifs is 1. The third-order valence-electron chi connectivity index (χ3n) is 8.84. The lowest BCUT2D eigenvalue weighted by atomic mass is 9.85. The molecule has 15 heteroatoms. The van der Waals surface area contributed by atoms with Gasteiger partial charge in [-0.2, -0.15) is 0 Å². The highest BCUT2D eigenvalue weighted by atomic mass is 16.6. The van der Waals surface area contributed by atoms with Gasteiger partial charge in [-0.05, 0) is 55.4 Å². The molecule has 0 radical (unpaired) electrons. The fraction of sp³-hybridized carbons (Fsp3) is 0.588. The van der Waals surface area contributed by atoms with E-state index in [-0.39, 0.29) is 42.4 Å². The minimum atomic E-state index is -1.32. The molecule has 1 heterocycles. The van der Waals surface area contributed by atoms with Gasteiger partial charge in [-0.1, -0.05) is 52.8 Å². The van der Waals surface area contributed by atoms with Crippen LogP contribution < -0.4 is 21.3 Å². The van der Waals surface area contributed by atoms with E-state index in [1.165, 1.54) is 35.2 Å². The zero-order valence-corrected chi connectivity index (χ0v) is 29.4. The van der Waals surface area contributed by atoms with E-state index in [0.717, 1.165) is 0 Å². The molecule has 1 aliphatic heterocycles. The second kappa shape index (κ2) is 14.7. The Balaban J connectivity index is 1.68. The molecule has 0 aromatic heterocycles. The smallest absolute Gasteiger partial charge is 0.408 e. The Kier molecular flexibility index (Phi) is 11.6. The van der Waals surface area contributed by atoms with E-state index in [0.29, 0.717) is 5.56 Å². The van der Waals surface area contributed by atoms with Gasteiger partial charge in [0.25, 0.3) is 11.6 Å². The van der Waals surface area contributed by atoms with Gasteiger partial charge in [-0.15, -0.1) is 6.58 Å². The number of likely N-dealkylation sites (tertiary alicyclic amines) is 1. The van der Waals surface area contributed by atoms with Crippen LogP contribution in [0.2, 0.25) is 0 Å². The quantitative estimate of drug-likeness (QED) is 0.104. The number of alkyl carbamates (subject to hydrolysis) is 1. The van der Waals surface area contributed by atoms with Crippen molar-refractivity contribution in [3.8, 4) is 0 Å². The number of carbonyl (C=O) groups is 6. The van der Waals surface area contributed by atoms with Crippen molar-refractivity contribution in [2.24, 2.45) is 22.7 Å². The number of non-ortho nitro benzene ring substituents is 1. The lowest BCUT2D eigenvalue weighted by Gasteiger charge is -2.38. The molecule has 1 aromatic rings. The second-order valence-electron chi connectivity index (χ2n) is 15.2. The predicted octanol–water partition coefficient (Wildman–Crippen LogP) is 2.38. The first-order valence-corrected chi connectivity index (χ1v) is 16.1. The van der Waals surface area contributed by atoms with Gasteiger partial charge in [0.05, 0.1) is 11.5 Å². The average molecular weight is 685 g/mol.